The van der Waals surface area contributed by atoms with Crippen LogP contribution in [0.2, 0.25) is 5.02 Å². The van der Waals surface area contributed by atoms with Crippen molar-refractivity contribution in [3.8, 4) is 0 Å². The van der Waals surface area contributed by atoms with E-state index in [1.165, 1.54) is 30.3 Å². The molecule has 1 heterocycles. The number of fused-ring (bicyclic) bond motifs is 1. The van der Waals surface area contributed by atoms with Crippen molar-refractivity contribution >= 4 is 40.7 Å². The fraction of sp³-hybridized carbons (Fsp3) is 0.167. The van der Waals surface area contributed by atoms with Gasteiger partial charge in [0.05, 0.1) is 10.6 Å². The van der Waals surface area contributed by atoms with Crippen LogP contribution < -0.4 is 16.3 Å². The van der Waals surface area contributed by atoms with E-state index in [1.807, 2.05) is 0 Å². The van der Waals surface area contributed by atoms with E-state index in [0.29, 0.717) is 46.9 Å². The Morgan fingerprint density at radius 1 is 1.00 bits per heavy atom. The number of carbonyl (C=O) groups is 3. The van der Waals surface area contributed by atoms with Crippen molar-refractivity contribution in [2.45, 2.75) is 26.2 Å². The van der Waals surface area contributed by atoms with Gasteiger partial charge in [-0.2, -0.15) is 5.10 Å². The number of nitro benzene ring substituents is 1. The molecule has 0 spiro atoms. The van der Waals surface area contributed by atoms with Crippen LogP contribution in [0.3, 0.4) is 0 Å². The summed E-state index contributed by atoms with van der Waals surface area (Å²) < 4.78 is 5.77. The lowest BCUT2D eigenvalue weighted by Gasteiger charge is -2.13. The highest BCUT2D eigenvalue weighted by molar-refractivity contribution is 6.31. The predicted octanol–water partition coefficient (Wildman–Crippen LogP) is 3.69. The number of hydrogen-bond donors (Lipinski definition) is 3. The Bertz CT molecular complexity index is 1400. The van der Waals surface area contributed by atoms with Gasteiger partial charge in [0.15, 0.2) is 5.76 Å². The highest BCUT2D eigenvalue weighted by Crippen LogP contribution is 2.29. The van der Waals surface area contributed by atoms with Gasteiger partial charge in [0, 0.05) is 45.8 Å². The summed E-state index contributed by atoms with van der Waals surface area (Å²) in [4.78, 5) is 47.7. The van der Waals surface area contributed by atoms with Crippen LogP contribution in [0.4, 0.5) is 5.69 Å². The van der Waals surface area contributed by atoms with Gasteiger partial charge in [0.2, 0.25) is 0 Å². The summed E-state index contributed by atoms with van der Waals surface area (Å²) in [5.41, 5.74) is 9.15. The number of hydrazone groups is 1. The smallest absolute Gasteiger partial charge is 0.305 e. The molecule has 4 rings (SSSR count). The van der Waals surface area contributed by atoms with Crippen molar-refractivity contribution in [1.82, 2.24) is 16.3 Å². The molecule has 36 heavy (non-hydrogen) atoms. The third-order valence-corrected chi connectivity index (χ3v) is 5.78. The summed E-state index contributed by atoms with van der Waals surface area (Å²) in [7, 11) is 0. The first-order chi connectivity index (χ1) is 17.2. The second-order valence-electron chi connectivity index (χ2n) is 7.93. The number of non-ortho nitro benzene ring substituents is 1. The minimum Gasteiger partial charge on any atom is -0.455 e. The van der Waals surface area contributed by atoms with Crippen molar-refractivity contribution < 1.29 is 23.7 Å². The van der Waals surface area contributed by atoms with Crippen LogP contribution in [-0.4, -0.2) is 28.4 Å². The molecule has 0 saturated heterocycles. The number of benzene rings is 2. The number of carbonyl (C=O) groups excluding carboxylic acids is 3. The number of aryl methyl sites for hydroxylation is 1. The van der Waals surface area contributed by atoms with E-state index in [-0.39, 0.29) is 22.6 Å². The standard InChI is InChI=1S/C24H20ClN5O6/c1-13-20-18(26-27-22(31)14-8-10-17(11-9-14)30(34)35)6-3-7-19(20)36-21(13)24(33)29-28-23(32)15-4-2-5-16(25)12-15/h2,4-5,8-12H,3,6-7H2,1H3,(H,27,31)(H,28,32)(H,29,33)/b26-18+. The van der Waals surface area contributed by atoms with Gasteiger partial charge in [-0.15, -0.1) is 0 Å². The molecule has 11 nitrogen and oxygen atoms in total. The average molecular weight is 510 g/mol. The second kappa shape index (κ2) is 10.4. The molecule has 0 radical (unpaired) electrons. The molecular formula is C24H20ClN5O6. The van der Waals surface area contributed by atoms with Crippen molar-refractivity contribution in [3.63, 3.8) is 0 Å². The Morgan fingerprint density at radius 3 is 2.42 bits per heavy atom. The Morgan fingerprint density at radius 2 is 1.72 bits per heavy atom. The van der Waals surface area contributed by atoms with Crippen LogP contribution in [0.25, 0.3) is 0 Å². The molecule has 3 N–H and O–H groups in total. The first-order valence-corrected chi connectivity index (χ1v) is 11.2. The van der Waals surface area contributed by atoms with Crippen LogP contribution >= 0.6 is 11.6 Å². The number of amides is 3. The van der Waals surface area contributed by atoms with Gasteiger partial charge >= 0.3 is 5.91 Å². The molecule has 2 aromatic carbocycles. The van der Waals surface area contributed by atoms with Crippen molar-refractivity contribution in [2.24, 2.45) is 5.10 Å². The molecule has 3 amide bonds. The normalized spacial score (nSPS) is 13.6. The maximum Gasteiger partial charge on any atom is 0.305 e. The lowest BCUT2D eigenvalue weighted by atomic mass is 9.93. The van der Waals surface area contributed by atoms with Crippen molar-refractivity contribution in [3.05, 3.63) is 97.4 Å². The number of nitro groups is 1. The van der Waals surface area contributed by atoms with E-state index in [4.69, 9.17) is 16.0 Å². The van der Waals surface area contributed by atoms with Gasteiger partial charge in [0.1, 0.15) is 5.76 Å². The second-order valence-corrected chi connectivity index (χ2v) is 8.37. The number of nitrogens with one attached hydrogen (secondary N) is 3. The number of nitrogens with zero attached hydrogens (tertiary/aromatic N) is 2. The van der Waals surface area contributed by atoms with Gasteiger partial charge in [-0.1, -0.05) is 17.7 Å². The summed E-state index contributed by atoms with van der Waals surface area (Å²) in [6, 6.07) is 11.4. The molecule has 12 heteroatoms. The summed E-state index contributed by atoms with van der Waals surface area (Å²) in [6.07, 6.45) is 1.81. The van der Waals surface area contributed by atoms with Crippen LogP contribution in [0.5, 0.6) is 0 Å². The van der Waals surface area contributed by atoms with Gasteiger partial charge in [0.25, 0.3) is 17.5 Å². The molecule has 1 aromatic heterocycles. The maximum absolute atomic E-state index is 12.7. The molecule has 0 fully saturated rings. The third-order valence-electron chi connectivity index (χ3n) is 5.54. The highest BCUT2D eigenvalue weighted by atomic mass is 35.5. The van der Waals surface area contributed by atoms with Gasteiger partial charge in [-0.25, -0.2) is 5.43 Å². The average Bonchev–Trinajstić information content (AvgIpc) is 3.22. The zero-order chi connectivity index (χ0) is 25.8. The SMILES string of the molecule is Cc1c(C(=O)NNC(=O)c2cccc(Cl)c2)oc2c1/C(=N/NC(=O)c1ccc([N+](=O)[O-])cc1)CCC2. The topological polar surface area (TPSA) is 156 Å². The number of hydrazine groups is 1. The number of hydrogen-bond acceptors (Lipinski definition) is 7. The molecule has 0 saturated carbocycles. The van der Waals surface area contributed by atoms with Crippen molar-refractivity contribution in [2.75, 3.05) is 0 Å². The van der Waals surface area contributed by atoms with Crippen LogP contribution in [-0.2, 0) is 6.42 Å². The van der Waals surface area contributed by atoms with Crippen LogP contribution in [0, 0.1) is 17.0 Å². The zero-order valence-electron chi connectivity index (χ0n) is 19.0. The predicted molar refractivity (Wildman–Crippen MR) is 130 cm³/mol. The largest absolute Gasteiger partial charge is 0.455 e. The Kier molecular flexibility index (Phi) is 7.11. The van der Waals surface area contributed by atoms with Crippen molar-refractivity contribution in [1.29, 1.82) is 0 Å². The Labute approximate surface area is 209 Å². The monoisotopic (exact) mass is 509 g/mol. The molecule has 1 aliphatic carbocycles. The lowest BCUT2D eigenvalue weighted by Crippen LogP contribution is -2.41. The molecule has 184 valence electrons. The van der Waals surface area contributed by atoms with Crippen LogP contribution in [0.15, 0.2) is 58.0 Å². The van der Waals surface area contributed by atoms with E-state index >= 15 is 0 Å². The molecular weight excluding hydrogens is 490 g/mol. The number of halogens is 1. The summed E-state index contributed by atoms with van der Waals surface area (Å²) in [6.45, 7) is 1.69. The summed E-state index contributed by atoms with van der Waals surface area (Å²) in [5, 5.41) is 15.4. The Balaban J connectivity index is 1.47. The minimum absolute atomic E-state index is 0.0164. The van der Waals surface area contributed by atoms with E-state index < -0.39 is 22.6 Å². The number of furan rings is 1. The number of rotatable bonds is 5. The fourth-order valence-electron chi connectivity index (χ4n) is 3.79. The summed E-state index contributed by atoms with van der Waals surface area (Å²) in [5.74, 6) is -1.16. The quantitative estimate of drug-likeness (QED) is 0.351. The maximum atomic E-state index is 12.7. The van der Waals surface area contributed by atoms with E-state index in [2.05, 4.69) is 21.4 Å². The first kappa shape index (κ1) is 24.6. The fourth-order valence-corrected chi connectivity index (χ4v) is 3.98. The van der Waals surface area contributed by atoms with Gasteiger partial charge in [-0.05, 0) is 50.1 Å². The third kappa shape index (κ3) is 5.26. The molecule has 0 bridgehead atoms. The van der Waals surface area contributed by atoms with Gasteiger partial charge < -0.3 is 4.42 Å². The molecule has 0 unspecified atom stereocenters. The zero-order valence-corrected chi connectivity index (χ0v) is 19.7. The molecule has 0 aliphatic heterocycles. The van der Waals surface area contributed by atoms with Crippen LogP contribution in [0.1, 0.15) is 61.0 Å². The lowest BCUT2D eigenvalue weighted by molar-refractivity contribution is -0.384. The minimum atomic E-state index is -0.647. The summed E-state index contributed by atoms with van der Waals surface area (Å²) >= 11 is 5.89. The van der Waals surface area contributed by atoms with E-state index in [9.17, 15) is 24.5 Å². The van der Waals surface area contributed by atoms with Gasteiger partial charge in [-0.3, -0.25) is 35.3 Å². The Hall–Kier alpha value is -4.51. The van der Waals surface area contributed by atoms with E-state index in [1.54, 1.807) is 25.1 Å². The molecule has 1 aliphatic rings. The highest BCUT2D eigenvalue weighted by Gasteiger charge is 2.28. The molecule has 3 aromatic rings. The van der Waals surface area contributed by atoms with E-state index in [0.717, 1.165) is 0 Å². The first-order valence-electron chi connectivity index (χ1n) is 10.8. The molecule has 0 atom stereocenters.